The topological polar surface area (TPSA) is 47.3 Å². The van der Waals surface area contributed by atoms with Gasteiger partial charge in [-0.3, -0.25) is 0 Å². The minimum Gasteiger partial charge on any atom is -0.396 e. The van der Waals surface area contributed by atoms with Gasteiger partial charge in [0.2, 0.25) is 0 Å². The van der Waals surface area contributed by atoms with Crippen molar-refractivity contribution >= 4 is 0 Å². The summed E-state index contributed by atoms with van der Waals surface area (Å²) in [5, 5.41) is 9.16. The molecular weight excluding hydrogens is 192 g/mol. The van der Waals surface area contributed by atoms with E-state index < -0.39 is 0 Å². The van der Waals surface area contributed by atoms with Gasteiger partial charge in [-0.1, -0.05) is 0 Å². The number of hydrogen-bond donors (Lipinski definition) is 1. The maximum atomic E-state index is 9.16. The maximum Gasteiger partial charge on any atom is 0.135 e. The predicted molar refractivity (Wildman–Crippen MR) is 56.5 cm³/mol. The molecule has 1 aromatic rings. The quantitative estimate of drug-likeness (QED) is 0.797. The van der Waals surface area contributed by atoms with E-state index >= 15 is 0 Å². The average Bonchev–Trinajstić information content (AvgIpc) is 2.56. The van der Waals surface area contributed by atoms with E-state index in [-0.39, 0.29) is 6.61 Å². The fourth-order valence-electron chi connectivity index (χ4n) is 2.23. The molecule has 0 aromatic carbocycles. The molecule has 15 heavy (non-hydrogen) atoms. The predicted octanol–water partition coefficient (Wildman–Crippen LogP) is 0.664. The number of nitrogens with zero attached hydrogens (tertiary/aromatic N) is 2. The molecule has 1 heterocycles. The van der Waals surface area contributed by atoms with Crippen LogP contribution in [-0.2, 0) is 31.2 Å². The standard InChI is InChI=1S/C11H18N2O2/c1-13-10-5-8(6-14)3-4-9(10)12-11(13)7-15-2/h8,14H,3-7H2,1-2H3. The smallest absolute Gasteiger partial charge is 0.135 e. The lowest BCUT2D eigenvalue weighted by molar-refractivity contribution is 0.175. The van der Waals surface area contributed by atoms with Crippen molar-refractivity contribution in [3.05, 3.63) is 17.2 Å². The summed E-state index contributed by atoms with van der Waals surface area (Å²) >= 11 is 0. The van der Waals surface area contributed by atoms with E-state index in [9.17, 15) is 0 Å². The number of aliphatic hydroxyl groups excluding tert-OH is 1. The molecule has 4 nitrogen and oxygen atoms in total. The second-order valence-electron chi connectivity index (χ2n) is 4.20. The zero-order valence-electron chi connectivity index (χ0n) is 9.36. The fraction of sp³-hybridized carbons (Fsp3) is 0.727. The van der Waals surface area contributed by atoms with Crippen molar-refractivity contribution in [3.8, 4) is 0 Å². The van der Waals surface area contributed by atoms with Gasteiger partial charge in [0.1, 0.15) is 12.4 Å². The molecule has 1 aromatic heterocycles. The Morgan fingerprint density at radius 1 is 1.60 bits per heavy atom. The summed E-state index contributed by atoms with van der Waals surface area (Å²) in [5.74, 6) is 1.39. The van der Waals surface area contributed by atoms with Crippen LogP contribution in [0.5, 0.6) is 0 Å². The number of aryl methyl sites for hydroxylation is 1. The second kappa shape index (κ2) is 4.33. The number of rotatable bonds is 3. The number of ether oxygens (including phenoxy) is 1. The lowest BCUT2D eigenvalue weighted by Crippen LogP contribution is -2.19. The van der Waals surface area contributed by atoms with Crippen LogP contribution in [0.4, 0.5) is 0 Å². The normalized spacial score (nSPS) is 20.3. The van der Waals surface area contributed by atoms with Crippen LogP contribution in [0.1, 0.15) is 23.6 Å². The van der Waals surface area contributed by atoms with Crippen LogP contribution in [0.3, 0.4) is 0 Å². The van der Waals surface area contributed by atoms with Gasteiger partial charge in [0.25, 0.3) is 0 Å². The molecule has 1 aliphatic carbocycles. The Hall–Kier alpha value is -0.870. The first-order valence-corrected chi connectivity index (χ1v) is 5.39. The summed E-state index contributed by atoms with van der Waals surface area (Å²) in [5.41, 5.74) is 2.46. The van der Waals surface area contributed by atoms with Gasteiger partial charge in [-0.2, -0.15) is 0 Å². The Labute approximate surface area is 89.9 Å². The summed E-state index contributed by atoms with van der Waals surface area (Å²) in [6, 6.07) is 0. The van der Waals surface area contributed by atoms with Crippen molar-refractivity contribution in [3.63, 3.8) is 0 Å². The van der Waals surface area contributed by atoms with Crippen LogP contribution in [0, 0.1) is 5.92 Å². The molecule has 0 fully saturated rings. The highest BCUT2D eigenvalue weighted by Crippen LogP contribution is 2.25. The van der Waals surface area contributed by atoms with Gasteiger partial charge in [0.05, 0.1) is 5.69 Å². The molecule has 0 bridgehead atoms. The van der Waals surface area contributed by atoms with Gasteiger partial charge >= 0.3 is 0 Å². The van der Waals surface area contributed by atoms with Crippen LogP contribution < -0.4 is 0 Å². The molecule has 0 aliphatic heterocycles. The van der Waals surface area contributed by atoms with E-state index in [1.165, 1.54) is 11.4 Å². The maximum absolute atomic E-state index is 9.16. The van der Waals surface area contributed by atoms with E-state index in [0.29, 0.717) is 12.5 Å². The van der Waals surface area contributed by atoms with Crippen molar-refractivity contribution in [2.24, 2.45) is 13.0 Å². The van der Waals surface area contributed by atoms with Gasteiger partial charge in [0.15, 0.2) is 0 Å². The monoisotopic (exact) mass is 210 g/mol. The Bertz CT molecular complexity index is 347. The molecular formula is C11H18N2O2. The van der Waals surface area contributed by atoms with Crippen LogP contribution in [-0.4, -0.2) is 28.4 Å². The van der Waals surface area contributed by atoms with Crippen LogP contribution >= 0.6 is 0 Å². The van der Waals surface area contributed by atoms with Crippen molar-refractivity contribution in [2.45, 2.75) is 25.9 Å². The summed E-state index contributed by atoms with van der Waals surface area (Å²) < 4.78 is 7.22. The minimum atomic E-state index is 0.282. The molecule has 0 amide bonds. The van der Waals surface area contributed by atoms with E-state index in [2.05, 4.69) is 9.55 Å². The SMILES string of the molecule is COCc1nc2c(n1C)CC(CO)CC2. The molecule has 1 N–H and O–H groups in total. The van der Waals surface area contributed by atoms with Crippen LogP contribution in [0.15, 0.2) is 0 Å². The highest BCUT2D eigenvalue weighted by molar-refractivity contribution is 5.20. The summed E-state index contributed by atoms with van der Waals surface area (Å²) in [7, 11) is 3.71. The molecule has 84 valence electrons. The fourth-order valence-corrected chi connectivity index (χ4v) is 2.23. The second-order valence-corrected chi connectivity index (χ2v) is 4.20. The van der Waals surface area contributed by atoms with E-state index in [0.717, 1.165) is 25.1 Å². The third-order valence-corrected chi connectivity index (χ3v) is 3.19. The van der Waals surface area contributed by atoms with E-state index in [1.54, 1.807) is 7.11 Å². The number of aliphatic hydroxyl groups is 1. The first-order valence-electron chi connectivity index (χ1n) is 5.39. The third-order valence-electron chi connectivity index (χ3n) is 3.19. The Morgan fingerprint density at radius 2 is 2.40 bits per heavy atom. The molecule has 0 spiro atoms. The zero-order chi connectivity index (χ0) is 10.8. The Balaban J connectivity index is 2.25. The number of methoxy groups -OCH3 is 1. The molecule has 4 heteroatoms. The average molecular weight is 210 g/mol. The van der Waals surface area contributed by atoms with Gasteiger partial charge in [-0.25, -0.2) is 4.98 Å². The largest absolute Gasteiger partial charge is 0.396 e. The highest BCUT2D eigenvalue weighted by atomic mass is 16.5. The summed E-state index contributed by atoms with van der Waals surface area (Å²) in [4.78, 5) is 4.57. The van der Waals surface area contributed by atoms with E-state index in [1.807, 2.05) is 7.05 Å². The zero-order valence-corrected chi connectivity index (χ0v) is 9.36. The Morgan fingerprint density at radius 3 is 3.07 bits per heavy atom. The first-order chi connectivity index (χ1) is 7.26. The third kappa shape index (κ3) is 1.92. The van der Waals surface area contributed by atoms with Gasteiger partial charge in [-0.05, 0) is 25.2 Å². The molecule has 1 aliphatic rings. The number of imidazole rings is 1. The molecule has 2 rings (SSSR count). The molecule has 1 atom stereocenters. The van der Waals surface area contributed by atoms with Crippen molar-refractivity contribution in [2.75, 3.05) is 13.7 Å². The summed E-state index contributed by atoms with van der Waals surface area (Å²) in [6.07, 6.45) is 2.98. The number of aromatic nitrogens is 2. The first kappa shape index (κ1) is 10.6. The van der Waals surface area contributed by atoms with Crippen molar-refractivity contribution in [1.29, 1.82) is 0 Å². The Kier molecular flexibility index (Phi) is 3.07. The van der Waals surface area contributed by atoms with Crippen LogP contribution in [0.25, 0.3) is 0 Å². The molecule has 0 saturated heterocycles. The summed E-state index contributed by atoms with van der Waals surface area (Å²) in [6.45, 7) is 0.845. The lowest BCUT2D eigenvalue weighted by atomic mass is 9.90. The van der Waals surface area contributed by atoms with Crippen molar-refractivity contribution in [1.82, 2.24) is 9.55 Å². The number of hydrogen-bond acceptors (Lipinski definition) is 3. The number of fused-ring (bicyclic) bond motifs is 1. The van der Waals surface area contributed by atoms with Crippen LogP contribution in [0.2, 0.25) is 0 Å². The van der Waals surface area contributed by atoms with Crippen molar-refractivity contribution < 1.29 is 9.84 Å². The van der Waals surface area contributed by atoms with E-state index in [4.69, 9.17) is 9.84 Å². The minimum absolute atomic E-state index is 0.282. The van der Waals surface area contributed by atoms with Gasteiger partial charge < -0.3 is 14.4 Å². The van der Waals surface area contributed by atoms with Gasteiger partial charge in [0, 0.05) is 26.5 Å². The molecule has 1 unspecified atom stereocenters. The lowest BCUT2D eigenvalue weighted by Gasteiger charge is -2.20. The van der Waals surface area contributed by atoms with Gasteiger partial charge in [-0.15, -0.1) is 0 Å². The highest BCUT2D eigenvalue weighted by Gasteiger charge is 2.23. The molecule has 0 radical (unpaired) electrons. The molecule has 0 saturated carbocycles.